The van der Waals surface area contributed by atoms with E-state index in [-0.39, 0.29) is 17.5 Å². The van der Waals surface area contributed by atoms with E-state index < -0.39 is 9.84 Å². The SMILES string of the molecule is COc1ccc(/C=C2/CS(=O)(=O)CC3=C2N=C2SCCN2C3c2ccc(OC)cc2)cc1. The molecule has 0 aromatic heterocycles. The molecule has 0 spiro atoms. The lowest BCUT2D eigenvalue weighted by Gasteiger charge is -2.38. The van der Waals surface area contributed by atoms with Crippen molar-refractivity contribution in [1.82, 2.24) is 4.90 Å². The fourth-order valence-electron chi connectivity index (χ4n) is 4.43. The third-order valence-corrected chi connectivity index (χ3v) is 8.38. The van der Waals surface area contributed by atoms with Crippen molar-refractivity contribution in [2.45, 2.75) is 6.04 Å². The first kappa shape index (κ1) is 21.2. The first-order valence-electron chi connectivity index (χ1n) is 10.4. The zero-order chi connectivity index (χ0) is 22.3. The maximum Gasteiger partial charge on any atom is 0.165 e. The molecule has 3 aliphatic heterocycles. The second-order valence-electron chi connectivity index (χ2n) is 7.96. The van der Waals surface area contributed by atoms with Gasteiger partial charge in [-0.25, -0.2) is 13.4 Å². The van der Waals surface area contributed by atoms with Gasteiger partial charge in [-0.3, -0.25) is 0 Å². The number of aliphatic imine (C=N–C) groups is 1. The number of hydrogen-bond donors (Lipinski definition) is 0. The van der Waals surface area contributed by atoms with Crippen LogP contribution in [-0.2, 0) is 9.84 Å². The molecule has 2 aromatic rings. The Labute approximate surface area is 192 Å². The topological polar surface area (TPSA) is 68.2 Å². The van der Waals surface area contributed by atoms with Crippen LogP contribution in [0.15, 0.2) is 70.4 Å². The molecule has 5 rings (SSSR count). The van der Waals surface area contributed by atoms with Gasteiger partial charge in [0.15, 0.2) is 15.0 Å². The van der Waals surface area contributed by atoms with Crippen LogP contribution in [0.1, 0.15) is 17.2 Å². The Hall–Kier alpha value is -2.71. The van der Waals surface area contributed by atoms with Crippen molar-refractivity contribution in [3.63, 3.8) is 0 Å². The number of sulfone groups is 1. The number of fused-ring (bicyclic) bond motifs is 1. The predicted molar refractivity (Wildman–Crippen MR) is 129 cm³/mol. The van der Waals surface area contributed by atoms with Crippen LogP contribution in [0.2, 0.25) is 0 Å². The lowest BCUT2D eigenvalue weighted by Crippen LogP contribution is -2.38. The van der Waals surface area contributed by atoms with Gasteiger partial charge in [0.25, 0.3) is 0 Å². The van der Waals surface area contributed by atoms with Crippen molar-refractivity contribution in [2.75, 3.05) is 38.0 Å². The summed E-state index contributed by atoms with van der Waals surface area (Å²) < 4.78 is 36.5. The Morgan fingerprint density at radius 3 is 2.31 bits per heavy atom. The third-order valence-electron chi connectivity index (χ3n) is 5.91. The van der Waals surface area contributed by atoms with Gasteiger partial charge >= 0.3 is 0 Å². The van der Waals surface area contributed by atoms with E-state index in [0.717, 1.165) is 56.9 Å². The van der Waals surface area contributed by atoms with Gasteiger partial charge in [0.2, 0.25) is 0 Å². The zero-order valence-electron chi connectivity index (χ0n) is 17.9. The largest absolute Gasteiger partial charge is 0.497 e. The Bertz CT molecular complexity index is 1230. The molecular formula is C24H24N2O4S2. The summed E-state index contributed by atoms with van der Waals surface area (Å²) in [6, 6.07) is 15.4. The van der Waals surface area contributed by atoms with E-state index >= 15 is 0 Å². The fourth-order valence-corrected chi connectivity index (χ4v) is 6.99. The van der Waals surface area contributed by atoms with Crippen molar-refractivity contribution in [3.05, 3.63) is 76.5 Å². The average Bonchev–Trinajstić information content (AvgIpc) is 3.26. The maximum atomic E-state index is 13.0. The van der Waals surface area contributed by atoms with Crippen LogP contribution in [0.4, 0.5) is 0 Å². The Morgan fingerprint density at radius 1 is 1.00 bits per heavy atom. The van der Waals surface area contributed by atoms with E-state index in [1.165, 1.54) is 0 Å². The number of hydrogen-bond acceptors (Lipinski definition) is 7. The van der Waals surface area contributed by atoms with Gasteiger partial charge in [0.05, 0.1) is 37.5 Å². The summed E-state index contributed by atoms with van der Waals surface area (Å²) in [5.41, 5.74) is 4.39. The third kappa shape index (κ3) is 3.93. The summed E-state index contributed by atoms with van der Waals surface area (Å²) in [4.78, 5) is 7.19. The molecule has 0 aliphatic carbocycles. The van der Waals surface area contributed by atoms with Crippen molar-refractivity contribution in [3.8, 4) is 11.5 Å². The van der Waals surface area contributed by atoms with Gasteiger partial charge in [-0.05, 0) is 52.6 Å². The molecule has 0 radical (unpaired) electrons. The summed E-state index contributed by atoms with van der Waals surface area (Å²) in [6.07, 6.45) is 1.94. The molecular weight excluding hydrogens is 444 g/mol. The minimum Gasteiger partial charge on any atom is -0.497 e. The van der Waals surface area contributed by atoms with E-state index in [0.29, 0.717) is 0 Å². The van der Waals surface area contributed by atoms with Crippen LogP contribution >= 0.6 is 11.8 Å². The first-order chi connectivity index (χ1) is 15.5. The molecule has 166 valence electrons. The number of thioether (sulfide) groups is 1. The normalized spacial score (nSPS) is 22.9. The highest BCUT2D eigenvalue weighted by Gasteiger charge is 2.41. The number of allylic oxidation sites excluding steroid dienone is 1. The standard InChI is InChI=1S/C24H24N2O4S2/c1-29-19-7-3-16(4-8-19)13-18-14-32(27,28)15-21-22(18)25-24-26(11-12-31-24)23(21)17-5-9-20(30-2)10-6-17/h3-10,13,23H,11-12,14-15H2,1-2H3/b18-13-. The van der Waals surface area contributed by atoms with Gasteiger partial charge in [-0.1, -0.05) is 36.0 Å². The van der Waals surface area contributed by atoms with Crippen LogP contribution in [0.25, 0.3) is 6.08 Å². The quantitative estimate of drug-likeness (QED) is 0.677. The summed E-state index contributed by atoms with van der Waals surface area (Å²) in [5, 5.41) is 0.962. The predicted octanol–water partition coefficient (Wildman–Crippen LogP) is 3.93. The number of rotatable bonds is 4. The van der Waals surface area contributed by atoms with Crippen LogP contribution in [0.5, 0.6) is 11.5 Å². The molecule has 1 fully saturated rings. The molecule has 1 unspecified atom stereocenters. The fraction of sp³-hybridized carbons (Fsp3) is 0.292. The summed E-state index contributed by atoms with van der Waals surface area (Å²) in [6.45, 7) is 0.842. The Morgan fingerprint density at radius 2 is 1.66 bits per heavy atom. The molecule has 0 bridgehead atoms. The summed E-state index contributed by atoms with van der Waals surface area (Å²) in [5.74, 6) is 2.50. The van der Waals surface area contributed by atoms with Gasteiger partial charge in [0.1, 0.15) is 11.5 Å². The minimum absolute atomic E-state index is 0.00532. The van der Waals surface area contributed by atoms with E-state index in [1.54, 1.807) is 26.0 Å². The average molecular weight is 469 g/mol. The molecule has 3 heterocycles. The molecule has 0 N–H and O–H groups in total. The van der Waals surface area contributed by atoms with Crippen molar-refractivity contribution in [2.24, 2.45) is 4.99 Å². The Kier molecular flexibility index (Phi) is 5.51. The number of methoxy groups -OCH3 is 2. The molecule has 3 aliphatic rings. The van der Waals surface area contributed by atoms with Gasteiger partial charge < -0.3 is 14.4 Å². The van der Waals surface area contributed by atoms with Crippen LogP contribution in [0, 0.1) is 0 Å². The lowest BCUT2D eigenvalue weighted by molar-refractivity contribution is 0.376. The number of ether oxygens (including phenoxy) is 2. The van der Waals surface area contributed by atoms with E-state index in [4.69, 9.17) is 14.5 Å². The lowest BCUT2D eigenvalue weighted by atomic mass is 9.92. The first-order valence-corrected chi connectivity index (χ1v) is 13.2. The van der Waals surface area contributed by atoms with E-state index in [9.17, 15) is 8.42 Å². The molecule has 6 nitrogen and oxygen atoms in total. The van der Waals surface area contributed by atoms with Crippen molar-refractivity contribution < 1.29 is 17.9 Å². The highest BCUT2D eigenvalue weighted by atomic mass is 32.2. The van der Waals surface area contributed by atoms with Gasteiger partial charge in [-0.15, -0.1) is 0 Å². The van der Waals surface area contributed by atoms with Crippen molar-refractivity contribution >= 4 is 32.8 Å². The van der Waals surface area contributed by atoms with E-state index in [2.05, 4.69) is 4.90 Å². The molecule has 0 saturated carbocycles. The van der Waals surface area contributed by atoms with Crippen LogP contribution in [0.3, 0.4) is 0 Å². The number of amidine groups is 1. The molecule has 1 atom stereocenters. The molecule has 2 aromatic carbocycles. The number of benzene rings is 2. The van der Waals surface area contributed by atoms with Crippen LogP contribution in [-0.4, -0.2) is 56.5 Å². The van der Waals surface area contributed by atoms with Crippen molar-refractivity contribution in [1.29, 1.82) is 0 Å². The zero-order valence-corrected chi connectivity index (χ0v) is 19.6. The second-order valence-corrected chi connectivity index (χ2v) is 11.1. The highest BCUT2D eigenvalue weighted by molar-refractivity contribution is 8.14. The summed E-state index contributed by atoms with van der Waals surface area (Å²) in [7, 11) is -0.0293. The smallest absolute Gasteiger partial charge is 0.165 e. The van der Waals surface area contributed by atoms with Gasteiger partial charge in [-0.2, -0.15) is 0 Å². The molecule has 1 saturated heterocycles. The minimum atomic E-state index is -3.30. The summed E-state index contributed by atoms with van der Waals surface area (Å²) >= 11 is 1.73. The van der Waals surface area contributed by atoms with Crippen LogP contribution < -0.4 is 9.47 Å². The number of nitrogens with zero attached hydrogens (tertiary/aromatic N) is 2. The Balaban J connectivity index is 1.64. The monoisotopic (exact) mass is 468 g/mol. The van der Waals surface area contributed by atoms with E-state index in [1.807, 2.05) is 54.6 Å². The molecule has 8 heteroatoms. The second kappa shape index (κ2) is 8.33. The molecule has 32 heavy (non-hydrogen) atoms. The highest BCUT2D eigenvalue weighted by Crippen LogP contribution is 2.45. The molecule has 0 amide bonds. The maximum absolute atomic E-state index is 13.0. The van der Waals surface area contributed by atoms with Gasteiger partial charge in [0, 0.05) is 12.3 Å².